The summed E-state index contributed by atoms with van der Waals surface area (Å²) in [5.74, 6) is -3.96. The molecule has 1 unspecified atom stereocenters. The third-order valence-electron chi connectivity index (χ3n) is 3.50. The highest BCUT2D eigenvalue weighted by molar-refractivity contribution is 5.39. The number of nitrogens with two attached hydrogens (primary N) is 1. The molecule has 0 saturated carbocycles. The third-order valence-corrected chi connectivity index (χ3v) is 3.50. The molecule has 2 aromatic rings. The molecule has 2 nitrogen and oxygen atoms in total. The Morgan fingerprint density at radius 3 is 2.50 bits per heavy atom. The smallest absolute Gasteiger partial charge is 0.194 e. The van der Waals surface area contributed by atoms with Crippen LogP contribution in [0.4, 0.5) is 13.2 Å². The van der Waals surface area contributed by atoms with Crippen molar-refractivity contribution < 1.29 is 17.9 Å². The van der Waals surface area contributed by atoms with E-state index in [0.29, 0.717) is 18.8 Å². The van der Waals surface area contributed by atoms with E-state index in [1.165, 1.54) is 6.07 Å². The van der Waals surface area contributed by atoms with Crippen LogP contribution in [0.25, 0.3) is 0 Å². The van der Waals surface area contributed by atoms with Crippen molar-refractivity contribution in [3.63, 3.8) is 0 Å². The summed E-state index contributed by atoms with van der Waals surface area (Å²) >= 11 is 0. The van der Waals surface area contributed by atoms with Gasteiger partial charge in [-0.25, -0.2) is 13.2 Å². The van der Waals surface area contributed by atoms with Gasteiger partial charge in [-0.3, -0.25) is 0 Å². The fourth-order valence-corrected chi connectivity index (χ4v) is 2.35. The average molecular weight is 279 g/mol. The summed E-state index contributed by atoms with van der Waals surface area (Å²) < 4.78 is 45.2. The van der Waals surface area contributed by atoms with Crippen LogP contribution in [0.3, 0.4) is 0 Å². The summed E-state index contributed by atoms with van der Waals surface area (Å²) in [5.41, 5.74) is 8.58. The van der Waals surface area contributed by atoms with Crippen molar-refractivity contribution in [3.05, 3.63) is 70.0 Å². The van der Waals surface area contributed by atoms with Crippen LogP contribution >= 0.6 is 0 Å². The zero-order valence-corrected chi connectivity index (χ0v) is 10.5. The highest BCUT2D eigenvalue weighted by Crippen LogP contribution is 2.28. The molecule has 0 aromatic heterocycles. The molecule has 1 heterocycles. The zero-order chi connectivity index (χ0) is 14.3. The van der Waals surface area contributed by atoms with E-state index in [0.717, 1.165) is 17.2 Å². The van der Waals surface area contributed by atoms with Crippen LogP contribution in [0.15, 0.2) is 30.3 Å². The van der Waals surface area contributed by atoms with Crippen LogP contribution < -0.4 is 5.73 Å². The van der Waals surface area contributed by atoms with Crippen LogP contribution in [-0.4, -0.2) is 0 Å². The Kier molecular flexibility index (Phi) is 3.23. The fraction of sp³-hybridized carbons (Fsp3) is 0.200. The van der Waals surface area contributed by atoms with Gasteiger partial charge in [0.1, 0.15) is 0 Å². The molecule has 0 radical (unpaired) electrons. The number of rotatable bonds is 2. The lowest BCUT2D eigenvalue weighted by atomic mass is 9.96. The molecule has 1 aliphatic heterocycles. The van der Waals surface area contributed by atoms with Crippen molar-refractivity contribution in [2.24, 2.45) is 5.73 Å². The number of fused-ring (bicyclic) bond motifs is 1. The van der Waals surface area contributed by atoms with E-state index in [4.69, 9.17) is 10.5 Å². The molecule has 5 heteroatoms. The van der Waals surface area contributed by atoms with Crippen molar-refractivity contribution in [1.82, 2.24) is 0 Å². The molecule has 1 atom stereocenters. The van der Waals surface area contributed by atoms with Gasteiger partial charge in [-0.15, -0.1) is 0 Å². The van der Waals surface area contributed by atoms with Gasteiger partial charge in [-0.05, 0) is 22.8 Å². The van der Waals surface area contributed by atoms with Crippen LogP contribution in [0.1, 0.15) is 28.3 Å². The highest BCUT2D eigenvalue weighted by atomic mass is 19.2. The predicted octanol–water partition coefficient (Wildman–Crippen LogP) is 3.18. The Morgan fingerprint density at radius 1 is 0.950 bits per heavy atom. The largest absolute Gasteiger partial charge is 0.372 e. The predicted molar refractivity (Wildman–Crippen MR) is 67.3 cm³/mol. The molecule has 1 aliphatic rings. The third kappa shape index (κ3) is 2.09. The van der Waals surface area contributed by atoms with Crippen molar-refractivity contribution in [2.75, 3.05) is 0 Å². The average Bonchev–Trinajstić information content (AvgIpc) is 2.91. The molecule has 104 valence electrons. The minimum absolute atomic E-state index is 0.0669. The number of ether oxygens (including phenoxy) is 1. The Labute approximate surface area is 114 Å². The van der Waals surface area contributed by atoms with Gasteiger partial charge >= 0.3 is 0 Å². The molecule has 2 N–H and O–H groups in total. The Balaban J connectivity index is 2.00. The van der Waals surface area contributed by atoms with Crippen molar-refractivity contribution >= 4 is 0 Å². The molecule has 0 aliphatic carbocycles. The van der Waals surface area contributed by atoms with Crippen LogP contribution in [-0.2, 0) is 18.0 Å². The van der Waals surface area contributed by atoms with E-state index in [9.17, 15) is 13.2 Å². The van der Waals surface area contributed by atoms with E-state index in [-0.39, 0.29) is 5.56 Å². The molecular weight excluding hydrogens is 267 g/mol. The van der Waals surface area contributed by atoms with Crippen LogP contribution in [0.2, 0.25) is 0 Å². The second-order valence-electron chi connectivity index (χ2n) is 4.76. The maximum atomic E-state index is 13.8. The monoisotopic (exact) mass is 279 g/mol. The Bertz CT molecular complexity index is 672. The zero-order valence-electron chi connectivity index (χ0n) is 10.5. The van der Waals surface area contributed by atoms with Gasteiger partial charge in [0.05, 0.1) is 19.3 Å². The van der Waals surface area contributed by atoms with E-state index in [2.05, 4.69) is 0 Å². The van der Waals surface area contributed by atoms with Crippen LogP contribution in [0, 0.1) is 17.5 Å². The number of hydrogen-bond acceptors (Lipinski definition) is 2. The summed E-state index contributed by atoms with van der Waals surface area (Å²) in [4.78, 5) is 0. The number of benzene rings is 2. The summed E-state index contributed by atoms with van der Waals surface area (Å²) in [6, 6.07) is 6.62. The van der Waals surface area contributed by atoms with E-state index < -0.39 is 23.5 Å². The topological polar surface area (TPSA) is 35.2 Å². The summed E-state index contributed by atoms with van der Waals surface area (Å²) in [6.07, 6.45) is 0. The van der Waals surface area contributed by atoms with Crippen molar-refractivity contribution in [2.45, 2.75) is 19.3 Å². The number of hydrogen-bond donors (Lipinski definition) is 1. The standard InChI is InChI=1S/C15H12F3NO/c16-12-4-3-11(13(17)14(12)18)15(19)8-1-2-9-6-20-7-10(9)5-8/h1-5,15H,6-7,19H2. The second kappa shape index (κ2) is 4.92. The maximum Gasteiger partial charge on any atom is 0.194 e. The van der Waals surface area contributed by atoms with Gasteiger partial charge < -0.3 is 10.5 Å². The first kappa shape index (κ1) is 13.1. The molecule has 0 fully saturated rings. The molecular formula is C15H12F3NO. The first-order valence-corrected chi connectivity index (χ1v) is 6.16. The fourth-order valence-electron chi connectivity index (χ4n) is 2.35. The van der Waals surface area contributed by atoms with E-state index in [1.807, 2.05) is 12.1 Å². The number of halogens is 3. The quantitative estimate of drug-likeness (QED) is 0.857. The first-order chi connectivity index (χ1) is 9.58. The molecule has 3 rings (SSSR count). The Morgan fingerprint density at radius 2 is 1.70 bits per heavy atom. The SMILES string of the molecule is NC(c1ccc2c(c1)COC2)c1ccc(F)c(F)c1F. The maximum absolute atomic E-state index is 13.8. The molecule has 0 saturated heterocycles. The van der Waals surface area contributed by atoms with Gasteiger partial charge in [0, 0.05) is 5.56 Å². The summed E-state index contributed by atoms with van der Waals surface area (Å²) in [7, 11) is 0. The normalized spacial score (nSPS) is 15.2. The molecule has 2 aromatic carbocycles. The lowest BCUT2D eigenvalue weighted by Crippen LogP contribution is -2.15. The highest BCUT2D eigenvalue weighted by Gasteiger charge is 2.21. The van der Waals surface area contributed by atoms with Gasteiger partial charge in [-0.1, -0.05) is 24.3 Å². The van der Waals surface area contributed by atoms with Gasteiger partial charge in [-0.2, -0.15) is 0 Å². The Hall–Kier alpha value is -1.85. The van der Waals surface area contributed by atoms with Crippen LogP contribution in [0.5, 0.6) is 0 Å². The van der Waals surface area contributed by atoms with Gasteiger partial charge in [0.15, 0.2) is 17.5 Å². The minimum Gasteiger partial charge on any atom is -0.372 e. The van der Waals surface area contributed by atoms with Crippen molar-refractivity contribution in [1.29, 1.82) is 0 Å². The summed E-state index contributed by atoms with van der Waals surface area (Å²) in [5, 5.41) is 0. The lowest BCUT2D eigenvalue weighted by molar-refractivity contribution is 0.134. The minimum atomic E-state index is -1.50. The molecule has 0 amide bonds. The first-order valence-electron chi connectivity index (χ1n) is 6.16. The lowest BCUT2D eigenvalue weighted by Gasteiger charge is -2.15. The van der Waals surface area contributed by atoms with Gasteiger partial charge in [0.2, 0.25) is 0 Å². The molecule has 20 heavy (non-hydrogen) atoms. The van der Waals surface area contributed by atoms with Gasteiger partial charge in [0.25, 0.3) is 0 Å². The molecule has 0 spiro atoms. The molecule has 0 bridgehead atoms. The van der Waals surface area contributed by atoms with E-state index in [1.54, 1.807) is 6.07 Å². The summed E-state index contributed by atoms with van der Waals surface area (Å²) in [6.45, 7) is 1.03. The second-order valence-corrected chi connectivity index (χ2v) is 4.76. The van der Waals surface area contributed by atoms with E-state index >= 15 is 0 Å². The van der Waals surface area contributed by atoms with Crippen molar-refractivity contribution in [3.8, 4) is 0 Å².